The Morgan fingerprint density at radius 1 is 1.33 bits per heavy atom. The van der Waals surface area contributed by atoms with E-state index >= 15 is 0 Å². The lowest BCUT2D eigenvalue weighted by atomic mass is 10.0. The summed E-state index contributed by atoms with van der Waals surface area (Å²) in [6.45, 7) is 5.52. The fourth-order valence-electron chi connectivity index (χ4n) is 2.56. The standard InChI is InChI=1S/C13H26N2O4S2/c1-3-20-10-9-14(11-13(16)17)12-5-7-15(8-6-12)21(18,19)4-2/h12H,3-11H2,1-2H3,(H,16,17). The van der Waals surface area contributed by atoms with E-state index < -0.39 is 16.0 Å². The molecule has 0 amide bonds. The molecule has 0 unspecified atom stereocenters. The largest absolute Gasteiger partial charge is 0.480 e. The van der Waals surface area contributed by atoms with Gasteiger partial charge in [-0.3, -0.25) is 9.69 Å². The van der Waals surface area contributed by atoms with Crippen molar-refractivity contribution < 1.29 is 18.3 Å². The van der Waals surface area contributed by atoms with Crippen LogP contribution in [-0.4, -0.2) is 78.2 Å². The highest BCUT2D eigenvalue weighted by atomic mass is 32.2. The summed E-state index contributed by atoms with van der Waals surface area (Å²) in [7, 11) is -3.12. The van der Waals surface area contributed by atoms with Gasteiger partial charge in [-0.25, -0.2) is 12.7 Å². The van der Waals surface area contributed by atoms with Gasteiger partial charge in [0.1, 0.15) is 0 Å². The second-order valence-electron chi connectivity index (χ2n) is 5.09. The Kier molecular flexibility index (Phi) is 8.00. The highest BCUT2D eigenvalue weighted by Gasteiger charge is 2.30. The van der Waals surface area contributed by atoms with Crippen LogP contribution in [-0.2, 0) is 14.8 Å². The van der Waals surface area contributed by atoms with Gasteiger partial charge in [0, 0.05) is 31.4 Å². The van der Waals surface area contributed by atoms with Crippen molar-refractivity contribution in [3.8, 4) is 0 Å². The lowest BCUT2D eigenvalue weighted by molar-refractivity contribution is -0.139. The van der Waals surface area contributed by atoms with Crippen LogP contribution in [0.1, 0.15) is 26.7 Å². The van der Waals surface area contributed by atoms with E-state index in [1.165, 1.54) is 4.31 Å². The maximum Gasteiger partial charge on any atom is 0.317 e. The monoisotopic (exact) mass is 338 g/mol. The van der Waals surface area contributed by atoms with Crippen molar-refractivity contribution in [2.75, 3.05) is 43.4 Å². The normalized spacial score (nSPS) is 18.2. The minimum Gasteiger partial charge on any atom is -0.480 e. The quantitative estimate of drug-likeness (QED) is 0.631. The van der Waals surface area contributed by atoms with Crippen molar-refractivity contribution in [2.45, 2.75) is 32.7 Å². The van der Waals surface area contributed by atoms with Crippen LogP contribution in [0.5, 0.6) is 0 Å². The second-order valence-corrected chi connectivity index (χ2v) is 8.74. The molecule has 0 bridgehead atoms. The van der Waals surface area contributed by atoms with Gasteiger partial charge in [0.25, 0.3) is 0 Å². The Morgan fingerprint density at radius 3 is 2.43 bits per heavy atom. The molecule has 0 saturated carbocycles. The smallest absolute Gasteiger partial charge is 0.317 e. The molecule has 0 aromatic heterocycles. The summed E-state index contributed by atoms with van der Waals surface area (Å²) >= 11 is 1.80. The zero-order chi connectivity index (χ0) is 15.9. The Bertz CT molecular complexity index is 420. The fourth-order valence-corrected chi connectivity index (χ4v) is 4.34. The number of carboxylic acids is 1. The first-order valence-electron chi connectivity index (χ1n) is 7.42. The maximum absolute atomic E-state index is 11.8. The second kappa shape index (κ2) is 8.97. The first kappa shape index (κ1) is 18.7. The summed E-state index contributed by atoms with van der Waals surface area (Å²) < 4.78 is 25.2. The number of piperidine rings is 1. The van der Waals surface area contributed by atoms with Gasteiger partial charge in [-0.2, -0.15) is 11.8 Å². The highest BCUT2D eigenvalue weighted by Crippen LogP contribution is 2.19. The van der Waals surface area contributed by atoms with E-state index in [1.807, 2.05) is 4.90 Å². The molecule has 0 radical (unpaired) electrons. The molecule has 1 heterocycles. The lowest BCUT2D eigenvalue weighted by Crippen LogP contribution is -2.49. The summed E-state index contributed by atoms with van der Waals surface area (Å²) in [6, 6.07) is 0.168. The minimum absolute atomic E-state index is 0.0372. The molecule has 1 N–H and O–H groups in total. The van der Waals surface area contributed by atoms with E-state index in [-0.39, 0.29) is 18.3 Å². The average Bonchev–Trinajstić information content (AvgIpc) is 2.46. The molecule has 0 aromatic rings. The number of nitrogens with zero attached hydrogens (tertiary/aromatic N) is 2. The third kappa shape index (κ3) is 6.14. The summed E-state index contributed by atoms with van der Waals surface area (Å²) in [5.41, 5.74) is 0. The molecule has 1 fully saturated rings. The summed E-state index contributed by atoms with van der Waals surface area (Å²) in [4.78, 5) is 13.0. The van der Waals surface area contributed by atoms with Crippen molar-refractivity contribution in [1.82, 2.24) is 9.21 Å². The number of carbonyl (C=O) groups is 1. The van der Waals surface area contributed by atoms with Gasteiger partial charge in [-0.1, -0.05) is 6.92 Å². The first-order chi connectivity index (χ1) is 9.90. The zero-order valence-electron chi connectivity index (χ0n) is 12.8. The molecule has 0 aromatic carbocycles. The van der Waals surface area contributed by atoms with Crippen LogP contribution < -0.4 is 0 Å². The number of sulfonamides is 1. The Labute approximate surface area is 131 Å². The van der Waals surface area contributed by atoms with E-state index in [0.717, 1.165) is 18.1 Å². The SMILES string of the molecule is CCSCCN(CC(=O)O)C1CCN(S(=O)(=O)CC)CC1. The van der Waals surface area contributed by atoms with Gasteiger partial charge in [0.15, 0.2) is 0 Å². The predicted molar refractivity (Wildman–Crippen MR) is 86.3 cm³/mol. The van der Waals surface area contributed by atoms with Crippen molar-refractivity contribution in [2.24, 2.45) is 0 Å². The van der Waals surface area contributed by atoms with Crippen LogP contribution in [0, 0.1) is 0 Å². The van der Waals surface area contributed by atoms with Crippen molar-refractivity contribution in [3.63, 3.8) is 0 Å². The van der Waals surface area contributed by atoms with Crippen molar-refractivity contribution >= 4 is 27.8 Å². The molecular formula is C13H26N2O4S2. The first-order valence-corrected chi connectivity index (χ1v) is 10.2. The Hall–Kier alpha value is -0.310. The number of hydrogen-bond donors (Lipinski definition) is 1. The molecule has 21 heavy (non-hydrogen) atoms. The van der Waals surface area contributed by atoms with Crippen LogP contribution in [0.4, 0.5) is 0 Å². The Morgan fingerprint density at radius 2 is 1.95 bits per heavy atom. The molecular weight excluding hydrogens is 312 g/mol. The van der Waals surface area contributed by atoms with Gasteiger partial charge in [-0.05, 0) is 25.5 Å². The lowest BCUT2D eigenvalue weighted by Gasteiger charge is -2.37. The van der Waals surface area contributed by atoms with Crippen LogP contribution in [0.25, 0.3) is 0 Å². The van der Waals surface area contributed by atoms with E-state index in [9.17, 15) is 13.2 Å². The summed E-state index contributed by atoms with van der Waals surface area (Å²) in [6.07, 6.45) is 1.42. The number of rotatable bonds is 9. The number of carboxylic acid groups (broad SMARTS) is 1. The van der Waals surface area contributed by atoms with Crippen LogP contribution >= 0.6 is 11.8 Å². The highest BCUT2D eigenvalue weighted by molar-refractivity contribution is 7.99. The van der Waals surface area contributed by atoms with Crippen LogP contribution in [0.15, 0.2) is 0 Å². The third-order valence-corrected chi connectivity index (χ3v) is 6.52. The van der Waals surface area contributed by atoms with Crippen LogP contribution in [0.2, 0.25) is 0 Å². The molecule has 1 aliphatic rings. The van der Waals surface area contributed by atoms with Gasteiger partial charge in [0.2, 0.25) is 10.0 Å². The van der Waals surface area contributed by atoms with E-state index in [0.29, 0.717) is 25.9 Å². The van der Waals surface area contributed by atoms with Gasteiger partial charge >= 0.3 is 5.97 Å². The zero-order valence-corrected chi connectivity index (χ0v) is 14.5. The van der Waals surface area contributed by atoms with Gasteiger partial charge in [0.05, 0.1) is 12.3 Å². The third-order valence-electron chi connectivity index (χ3n) is 3.76. The number of thioether (sulfide) groups is 1. The topological polar surface area (TPSA) is 77.9 Å². The predicted octanol–water partition coefficient (Wildman–Crippen LogP) is 0.940. The van der Waals surface area contributed by atoms with Gasteiger partial charge in [-0.15, -0.1) is 0 Å². The summed E-state index contributed by atoms with van der Waals surface area (Å²) in [5, 5.41) is 9.04. The molecule has 1 saturated heterocycles. The minimum atomic E-state index is -3.12. The molecule has 8 heteroatoms. The number of hydrogen-bond acceptors (Lipinski definition) is 5. The molecule has 0 aliphatic carbocycles. The Balaban J connectivity index is 2.55. The molecule has 124 valence electrons. The van der Waals surface area contributed by atoms with Crippen LogP contribution in [0.3, 0.4) is 0 Å². The summed E-state index contributed by atoms with van der Waals surface area (Å²) in [5.74, 6) is 1.25. The van der Waals surface area contributed by atoms with E-state index in [1.54, 1.807) is 18.7 Å². The molecule has 6 nitrogen and oxygen atoms in total. The molecule has 1 aliphatic heterocycles. The molecule has 0 atom stereocenters. The number of aliphatic carboxylic acids is 1. The van der Waals surface area contributed by atoms with E-state index in [2.05, 4.69) is 6.92 Å². The van der Waals surface area contributed by atoms with E-state index in [4.69, 9.17) is 5.11 Å². The van der Waals surface area contributed by atoms with Crippen molar-refractivity contribution in [3.05, 3.63) is 0 Å². The molecule has 1 rings (SSSR count). The van der Waals surface area contributed by atoms with Gasteiger partial charge < -0.3 is 5.11 Å². The average molecular weight is 338 g/mol. The molecule has 0 spiro atoms. The van der Waals surface area contributed by atoms with Crippen molar-refractivity contribution in [1.29, 1.82) is 0 Å². The maximum atomic E-state index is 11.8. The fraction of sp³-hybridized carbons (Fsp3) is 0.923.